The maximum absolute atomic E-state index is 6.49. The monoisotopic (exact) mass is 568 g/mol. The highest BCUT2D eigenvalue weighted by atomic mass is 16.3. The second-order valence-corrected chi connectivity index (χ2v) is 13.0. The van der Waals surface area contributed by atoms with Crippen LogP contribution >= 0.6 is 0 Å². The van der Waals surface area contributed by atoms with Gasteiger partial charge in [0.25, 0.3) is 5.82 Å². The van der Waals surface area contributed by atoms with Crippen LogP contribution in [-0.2, 0) is 7.05 Å². The predicted octanol–water partition coefficient (Wildman–Crippen LogP) is 10.1. The van der Waals surface area contributed by atoms with Crippen molar-refractivity contribution in [1.82, 2.24) is 9.55 Å². The minimum Gasteiger partial charge on any atom is -0.440 e. The van der Waals surface area contributed by atoms with Crippen LogP contribution in [0.15, 0.2) is 83.3 Å². The van der Waals surface area contributed by atoms with Gasteiger partial charge in [-0.2, -0.15) is 4.57 Å². The largest absolute Gasteiger partial charge is 0.440 e. The van der Waals surface area contributed by atoms with Gasteiger partial charge in [-0.15, -0.1) is 0 Å². The molecule has 1 aliphatic rings. The molecule has 0 amide bonds. The van der Waals surface area contributed by atoms with E-state index in [9.17, 15) is 0 Å². The van der Waals surface area contributed by atoms with Crippen LogP contribution in [-0.4, -0.2) is 9.55 Å². The summed E-state index contributed by atoms with van der Waals surface area (Å²) in [6, 6.07) is 28.7. The average molecular weight is 569 g/mol. The minimum absolute atomic E-state index is 0.327. The Hall–Kier alpha value is -4.18. The Bertz CT molecular complexity index is 1920. The molecule has 0 aliphatic heterocycles. The summed E-state index contributed by atoms with van der Waals surface area (Å²) < 4.78 is 11.4. The fraction of sp³-hybridized carbons (Fsp3) is 0.333. The number of aromatic nitrogens is 3. The highest BCUT2D eigenvalue weighted by Crippen LogP contribution is 2.42. The lowest BCUT2D eigenvalue weighted by atomic mass is 9.88. The molecular weight excluding hydrogens is 526 g/mol. The quantitative estimate of drug-likeness (QED) is 0.187. The normalized spacial score (nSPS) is 14.2. The molecule has 7 rings (SSSR count). The molecule has 0 N–H and O–H groups in total. The van der Waals surface area contributed by atoms with Crippen LogP contribution in [0.1, 0.15) is 93.7 Å². The van der Waals surface area contributed by atoms with Crippen molar-refractivity contribution in [2.75, 3.05) is 0 Å². The van der Waals surface area contributed by atoms with Crippen molar-refractivity contribution in [2.24, 2.45) is 7.05 Å². The van der Waals surface area contributed by atoms with Gasteiger partial charge >= 0.3 is 0 Å². The van der Waals surface area contributed by atoms with Crippen LogP contribution < -0.4 is 4.57 Å². The topological polar surface area (TPSA) is 34.8 Å². The molecule has 1 fully saturated rings. The van der Waals surface area contributed by atoms with Gasteiger partial charge in [-0.25, -0.2) is 9.55 Å². The highest BCUT2D eigenvalue weighted by molar-refractivity contribution is 5.93. The summed E-state index contributed by atoms with van der Waals surface area (Å²) in [5, 5.41) is 0. The Morgan fingerprint density at radius 3 is 2.14 bits per heavy atom. The summed E-state index contributed by atoms with van der Waals surface area (Å²) in [7, 11) is 2.20. The van der Waals surface area contributed by atoms with Gasteiger partial charge in [0.15, 0.2) is 22.5 Å². The van der Waals surface area contributed by atoms with E-state index in [0.717, 1.165) is 28.4 Å². The third kappa shape index (κ3) is 4.59. The smallest absolute Gasteiger partial charge is 0.297 e. The van der Waals surface area contributed by atoms with E-state index in [1.54, 1.807) is 0 Å². The van der Waals surface area contributed by atoms with E-state index >= 15 is 0 Å². The third-order valence-corrected chi connectivity index (χ3v) is 9.47. The number of fused-ring (bicyclic) bond motifs is 2. The number of benzene rings is 4. The SMILES string of the molecule is Cc1ccc2oc(C3CCCC3)nc2c1-c1n(-c2c(C(C)C)cc(-c3ccccc3)cc2C(C)C)c2ccccc2[n+]1C. The van der Waals surface area contributed by atoms with Crippen molar-refractivity contribution in [3.05, 3.63) is 101 Å². The Balaban J connectivity index is 1.59. The van der Waals surface area contributed by atoms with Crippen molar-refractivity contribution in [3.8, 4) is 28.2 Å². The van der Waals surface area contributed by atoms with E-state index in [2.05, 4.69) is 130 Å². The first kappa shape index (κ1) is 27.6. The molecule has 1 aliphatic carbocycles. The van der Waals surface area contributed by atoms with Crippen molar-refractivity contribution in [2.45, 2.75) is 78.1 Å². The number of rotatable bonds is 6. The summed E-state index contributed by atoms with van der Waals surface area (Å²) in [4.78, 5) is 5.25. The molecule has 0 atom stereocenters. The summed E-state index contributed by atoms with van der Waals surface area (Å²) in [6.45, 7) is 11.5. The van der Waals surface area contributed by atoms with Crippen LogP contribution in [0.4, 0.5) is 0 Å². The Kier molecular flexibility index (Phi) is 6.96. The number of para-hydroxylation sites is 2. The first-order valence-corrected chi connectivity index (χ1v) is 16.0. The Morgan fingerprint density at radius 2 is 1.47 bits per heavy atom. The van der Waals surface area contributed by atoms with E-state index in [1.165, 1.54) is 70.2 Å². The van der Waals surface area contributed by atoms with Crippen LogP contribution in [0.5, 0.6) is 0 Å². The minimum atomic E-state index is 0.327. The highest BCUT2D eigenvalue weighted by Gasteiger charge is 2.34. The molecule has 2 heterocycles. The molecule has 1 saturated carbocycles. The van der Waals surface area contributed by atoms with Crippen LogP contribution in [0.2, 0.25) is 0 Å². The molecule has 0 unspecified atom stereocenters. The molecule has 0 bridgehead atoms. The van der Waals surface area contributed by atoms with Gasteiger partial charge in [0, 0.05) is 17.0 Å². The zero-order valence-corrected chi connectivity index (χ0v) is 26.3. The third-order valence-electron chi connectivity index (χ3n) is 9.47. The van der Waals surface area contributed by atoms with Gasteiger partial charge in [-0.05, 0) is 78.6 Å². The number of hydrogen-bond donors (Lipinski definition) is 0. The Labute approximate surface area is 255 Å². The maximum atomic E-state index is 6.49. The molecule has 4 heteroatoms. The fourth-order valence-corrected chi connectivity index (χ4v) is 7.18. The summed E-state index contributed by atoms with van der Waals surface area (Å²) in [5.41, 5.74) is 13.1. The summed E-state index contributed by atoms with van der Waals surface area (Å²) in [5.74, 6) is 3.13. The molecule has 0 saturated heterocycles. The van der Waals surface area contributed by atoms with Crippen molar-refractivity contribution < 1.29 is 8.98 Å². The van der Waals surface area contributed by atoms with Gasteiger partial charge in [-0.3, -0.25) is 0 Å². The van der Waals surface area contributed by atoms with Crippen molar-refractivity contribution in [1.29, 1.82) is 0 Å². The number of aryl methyl sites for hydroxylation is 2. The Morgan fingerprint density at radius 1 is 0.814 bits per heavy atom. The second kappa shape index (κ2) is 10.8. The van der Waals surface area contributed by atoms with Gasteiger partial charge in [0.05, 0.1) is 12.6 Å². The summed E-state index contributed by atoms with van der Waals surface area (Å²) >= 11 is 0. The van der Waals surface area contributed by atoms with Gasteiger partial charge in [0.1, 0.15) is 11.2 Å². The zero-order chi connectivity index (χ0) is 29.8. The van der Waals surface area contributed by atoms with Gasteiger partial charge < -0.3 is 4.42 Å². The molecule has 43 heavy (non-hydrogen) atoms. The average Bonchev–Trinajstić information content (AvgIpc) is 3.76. The molecule has 4 nitrogen and oxygen atoms in total. The molecule has 4 aromatic carbocycles. The van der Waals surface area contributed by atoms with Crippen LogP contribution in [0.3, 0.4) is 0 Å². The maximum Gasteiger partial charge on any atom is 0.297 e. The van der Waals surface area contributed by atoms with E-state index in [-0.39, 0.29) is 0 Å². The molecule has 0 spiro atoms. The lowest BCUT2D eigenvalue weighted by Crippen LogP contribution is -2.30. The van der Waals surface area contributed by atoms with E-state index in [0.29, 0.717) is 17.8 Å². The van der Waals surface area contributed by atoms with E-state index in [1.807, 2.05) is 0 Å². The fourth-order valence-electron chi connectivity index (χ4n) is 7.18. The van der Waals surface area contributed by atoms with Crippen molar-refractivity contribution >= 4 is 22.1 Å². The lowest BCUT2D eigenvalue weighted by molar-refractivity contribution is -0.633. The van der Waals surface area contributed by atoms with Crippen molar-refractivity contribution in [3.63, 3.8) is 0 Å². The molecular formula is C39H42N3O+. The number of oxazole rings is 1. The first-order valence-electron chi connectivity index (χ1n) is 16.0. The van der Waals surface area contributed by atoms with Crippen LogP contribution in [0.25, 0.3) is 50.3 Å². The first-order chi connectivity index (χ1) is 20.8. The molecule has 6 aromatic rings. The zero-order valence-electron chi connectivity index (χ0n) is 26.3. The van der Waals surface area contributed by atoms with E-state index < -0.39 is 0 Å². The molecule has 218 valence electrons. The van der Waals surface area contributed by atoms with Gasteiger partial charge in [-0.1, -0.05) is 89.1 Å². The van der Waals surface area contributed by atoms with E-state index in [4.69, 9.17) is 9.40 Å². The second-order valence-electron chi connectivity index (χ2n) is 13.0. The standard InChI is InChI=1S/C39H42N3O/c1-24(2)30-22-29(27-14-8-7-9-15-27)23-31(25(3)4)37(30)42-33-19-13-12-18-32(33)41(6)39(42)35-26(5)20-21-34-36(35)40-38(43-34)28-16-10-11-17-28/h7-9,12-15,18-25,28H,10-11,16-17H2,1-6H3/q+1. The molecule has 0 radical (unpaired) electrons. The number of nitrogens with zero attached hydrogens (tertiary/aromatic N) is 3. The predicted molar refractivity (Wildman–Crippen MR) is 177 cm³/mol. The molecule has 2 aromatic heterocycles. The number of hydrogen-bond acceptors (Lipinski definition) is 2. The lowest BCUT2D eigenvalue weighted by Gasteiger charge is -2.21. The van der Waals surface area contributed by atoms with Gasteiger partial charge in [0.2, 0.25) is 0 Å². The number of imidazole rings is 1. The van der Waals surface area contributed by atoms with Crippen LogP contribution in [0, 0.1) is 6.92 Å². The summed E-state index contributed by atoms with van der Waals surface area (Å²) in [6.07, 6.45) is 4.84.